The predicted octanol–water partition coefficient (Wildman–Crippen LogP) is 2.71. The van der Waals surface area contributed by atoms with Crippen LogP contribution in [0.2, 0.25) is 0 Å². The highest BCUT2D eigenvalue weighted by Gasteiger charge is 2.31. The third-order valence-corrected chi connectivity index (χ3v) is 7.76. The Bertz CT molecular complexity index is 1120. The van der Waals surface area contributed by atoms with Crippen molar-refractivity contribution in [3.8, 4) is 5.69 Å². The van der Waals surface area contributed by atoms with Gasteiger partial charge in [-0.25, -0.2) is 23.1 Å². The van der Waals surface area contributed by atoms with Crippen LogP contribution in [0.3, 0.4) is 0 Å². The molecule has 2 aromatic heterocycles. The van der Waals surface area contributed by atoms with Gasteiger partial charge in [0.05, 0.1) is 18.9 Å². The molecule has 0 unspecified atom stereocenters. The van der Waals surface area contributed by atoms with Crippen molar-refractivity contribution in [1.29, 1.82) is 0 Å². The molecule has 0 spiro atoms. The van der Waals surface area contributed by atoms with Crippen molar-refractivity contribution in [2.75, 3.05) is 26.3 Å². The molecule has 1 aliphatic carbocycles. The molecule has 1 saturated carbocycles. The molecule has 3 aromatic rings. The Morgan fingerprint density at radius 1 is 1.03 bits per heavy atom. The van der Waals surface area contributed by atoms with Crippen molar-refractivity contribution in [2.24, 2.45) is 0 Å². The van der Waals surface area contributed by atoms with E-state index >= 15 is 0 Å². The minimum Gasteiger partial charge on any atom is -0.379 e. The summed E-state index contributed by atoms with van der Waals surface area (Å²) >= 11 is 1.33. The van der Waals surface area contributed by atoms with Crippen LogP contribution in [-0.2, 0) is 14.8 Å². The van der Waals surface area contributed by atoms with E-state index in [2.05, 4.69) is 10.1 Å². The molecule has 0 bridgehead atoms. The number of morpholine rings is 1. The van der Waals surface area contributed by atoms with Gasteiger partial charge in [-0.2, -0.15) is 4.31 Å². The number of hydrogen-bond acceptors (Lipinski definition) is 7. The minimum atomic E-state index is -3.55. The summed E-state index contributed by atoms with van der Waals surface area (Å²) in [6.07, 6.45) is 3.66. The number of para-hydroxylation sites is 1. The van der Waals surface area contributed by atoms with Gasteiger partial charge in [0.15, 0.2) is 0 Å². The second-order valence-electron chi connectivity index (χ2n) is 7.22. The largest absolute Gasteiger partial charge is 0.379 e. The summed E-state index contributed by atoms with van der Waals surface area (Å²) in [7, 11) is -3.55. The van der Waals surface area contributed by atoms with E-state index in [-0.39, 0.29) is 4.90 Å². The Morgan fingerprint density at radius 2 is 1.80 bits per heavy atom. The van der Waals surface area contributed by atoms with Crippen molar-refractivity contribution in [3.05, 3.63) is 54.5 Å². The summed E-state index contributed by atoms with van der Waals surface area (Å²) in [5, 5.41) is 5.93. The van der Waals surface area contributed by atoms with Gasteiger partial charge in [0.1, 0.15) is 15.7 Å². The van der Waals surface area contributed by atoms with Crippen LogP contribution in [0, 0.1) is 0 Å². The van der Waals surface area contributed by atoms with Crippen LogP contribution < -0.4 is 0 Å². The quantitative estimate of drug-likeness (QED) is 0.579. The summed E-state index contributed by atoms with van der Waals surface area (Å²) in [4.78, 5) is 9.26. The monoisotopic (exact) mass is 443 g/mol. The molecule has 1 aliphatic heterocycles. The Morgan fingerprint density at radius 3 is 2.47 bits per heavy atom. The topological polar surface area (TPSA) is 90.2 Å². The number of sulfonamides is 1. The number of nitrogens with zero attached hydrogens (tertiary/aromatic N) is 5. The van der Waals surface area contributed by atoms with Gasteiger partial charge in [-0.1, -0.05) is 18.2 Å². The fraction of sp³-hybridized carbons (Fsp3) is 0.350. The molecule has 2 aliphatic rings. The standard InChI is InChI=1S/C20H21N5O3S2/c26-30(27,24-10-12-28-13-11-24)17-8-9-18(21-14-17)29-20-22-19(15-6-7-15)25(23-20)16-4-2-1-3-5-16/h1-5,8-9,14-15H,6-7,10-13H2. The molecule has 8 nitrogen and oxygen atoms in total. The molecular weight excluding hydrogens is 422 g/mol. The van der Waals surface area contributed by atoms with Crippen LogP contribution in [0.4, 0.5) is 0 Å². The third-order valence-electron chi connectivity index (χ3n) is 5.07. The predicted molar refractivity (Wildman–Crippen MR) is 111 cm³/mol. The minimum absolute atomic E-state index is 0.190. The molecule has 156 valence electrons. The van der Waals surface area contributed by atoms with Crippen LogP contribution in [0.15, 0.2) is 63.7 Å². The highest BCUT2D eigenvalue weighted by molar-refractivity contribution is 7.99. The molecule has 0 amide bonds. The van der Waals surface area contributed by atoms with Crippen molar-refractivity contribution in [3.63, 3.8) is 0 Å². The number of ether oxygens (including phenoxy) is 1. The van der Waals surface area contributed by atoms with E-state index in [0.717, 1.165) is 24.4 Å². The molecule has 0 N–H and O–H groups in total. The molecule has 1 saturated heterocycles. The summed E-state index contributed by atoms with van der Waals surface area (Å²) in [6.45, 7) is 1.56. The summed E-state index contributed by atoms with van der Waals surface area (Å²) in [5.41, 5.74) is 0.985. The highest BCUT2D eigenvalue weighted by atomic mass is 32.2. The lowest BCUT2D eigenvalue weighted by Gasteiger charge is -2.25. The number of aromatic nitrogens is 4. The first-order valence-electron chi connectivity index (χ1n) is 9.85. The van der Waals surface area contributed by atoms with Gasteiger partial charge < -0.3 is 4.74 Å². The zero-order valence-corrected chi connectivity index (χ0v) is 17.8. The lowest BCUT2D eigenvalue weighted by molar-refractivity contribution is 0.0730. The Hall–Kier alpha value is -2.27. The highest BCUT2D eigenvalue weighted by Crippen LogP contribution is 2.40. The molecule has 1 aromatic carbocycles. The fourth-order valence-corrected chi connectivity index (χ4v) is 5.37. The van der Waals surface area contributed by atoms with Gasteiger partial charge >= 0.3 is 0 Å². The number of hydrogen-bond donors (Lipinski definition) is 0. The Labute approximate surface area is 179 Å². The summed E-state index contributed by atoms with van der Waals surface area (Å²) in [5.74, 6) is 1.41. The van der Waals surface area contributed by atoms with E-state index in [1.165, 1.54) is 22.3 Å². The van der Waals surface area contributed by atoms with Crippen molar-refractivity contribution >= 4 is 21.8 Å². The van der Waals surface area contributed by atoms with E-state index in [4.69, 9.17) is 9.72 Å². The fourth-order valence-electron chi connectivity index (χ4n) is 3.32. The Kier molecular flexibility index (Phi) is 5.32. The van der Waals surface area contributed by atoms with Crippen molar-refractivity contribution < 1.29 is 13.2 Å². The lowest BCUT2D eigenvalue weighted by atomic mass is 10.3. The van der Waals surface area contributed by atoms with Crippen LogP contribution in [0.25, 0.3) is 5.69 Å². The third kappa shape index (κ3) is 4.00. The second-order valence-corrected chi connectivity index (χ2v) is 10.2. The maximum absolute atomic E-state index is 12.7. The van der Waals surface area contributed by atoms with Gasteiger partial charge in [0.25, 0.3) is 0 Å². The Balaban J connectivity index is 1.36. The van der Waals surface area contributed by atoms with Gasteiger partial charge in [0, 0.05) is 25.2 Å². The second kappa shape index (κ2) is 8.10. The first-order valence-corrected chi connectivity index (χ1v) is 12.1. The molecule has 5 rings (SSSR count). The number of pyridine rings is 1. The van der Waals surface area contributed by atoms with Crippen molar-refractivity contribution in [1.82, 2.24) is 24.1 Å². The molecule has 10 heteroatoms. The van der Waals surface area contributed by atoms with Gasteiger partial charge in [-0.15, -0.1) is 5.10 Å². The molecule has 2 fully saturated rings. The average Bonchev–Trinajstić information content (AvgIpc) is 3.55. The lowest BCUT2D eigenvalue weighted by Crippen LogP contribution is -2.40. The maximum Gasteiger partial charge on any atom is 0.244 e. The number of rotatable bonds is 6. The summed E-state index contributed by atoms with van der Waals surface area (Å²) < 4.78 is 34.1. The smallest absolute Gasteiger partial charge is 0.244 e. The van der Waals surface area contributed by atoms with E-state index in [0.29, 0.717) is 42.4 Å². The molecule has 3 heterocycles. The van der Waals surface area contributed by atoms with Gasteiger partial charge in [-0.05, 0) is 48.9 Å². The summed E-state index contributed by atoms with van der Waals surface area (Å²) in [6, 6.07) is 13.3. The maximum atomic E-state index is 12.7. The van der Waals surface area contributed by atoms with E-state index in [1.54, 1.807) is 12.1 Å². The molecule has 30 heavy (non-hydrogen) atoms. The SMILES string of the molecule is O=S(=O)(c1ccc(Sc2nc(C3CC3)n(-c3ccccc3)n2)nc1)N1CCOCC1. The van der Waals surface area contributed by atoms with E-state index in [9.17, 15) is 8.42 Å². The molecular formula is C20H21N5O3S2. The molecule has 0 radical (unpaired) electrons. The zero-order valence-electron chi connectivity index (χ0n) is 16.2. The van der Waals surface area contributed by atoms with Gasteiger partial charge in [0.2, 0.25) is 15.2 Å². The zero-order chi connectivity index (χ0) is 20.6. The molecule has 0 atom stereocenters. The van der Waals surface area contributed by atoms with Crippen LogP contribution in [0.5, 0.6) is 0 Å². The number of benzene rings is 1. The first kappa shape index (κ1) is 19.7. The van der Waals surface area contributed by atoms with Crippen LogP contribution in [0.1, 0.15) is 24.6 Å². The van der Waals surface area contributed by atoms with Gasteiger partial charge in [-0.3, -0.25) is 0 Å². The first-order chi connectivity index (χ1) is 14.6. The van der Waals surface area contributed by atoms with Crippen LogP contribution >= 0.6 is 11.8 Å². The normalized spacial score (nSPS) is 17.9. The van der Waals surface area contributed by atoms with Crippen LogP contribution in [-0.4, -0.2) is 58.8 Å². The van der Waals surface area contributed by atoms with E-state index in [1.807, 2.05) is 35.0 Å². The van der Waals surface area contributed by atoms with Crippen molar-refractivity contribution in [2.45, 2.75) is 33.8 Å². The average molecular weight is 444 g/mol. The van der Waals surface area contributed by atoms with E-state index < -0.39 is 10.0 Å².